The second kappa shape index (κ2) is 4.97. The van der Waals surface area contributed by atoms with Gasteiger partial charge in [-0.25, -0.2) is 0 Å². The first-order valence-electron chi connectivity index (χ1n) is 7.88. The van der Waals surface area contributed by atoms with E-state index in [1.54, 1.807) is 24.3 Å². The number of aliphatic hydroxyl groups is 1. The quantitative estimate of drug-likeness (QED) is 0.787. The zero-order valence-corrected chi connectivity index (χ0v) is 13.4. The molecule has 3 aliphatic carbocycles. The van der Waals surface area contributed by atoms with Gasteiger partial charge in [0.05, 0.1) is 6.10 Å². The molecule has 1 aromatic carbocycles. The first-order chi connectivity index (χ1) is 10.9. The predicted molar refractivity (Wildman–Crippen MR) is 87.4 cm³/mol. The van der Waals surface area contributed by atoms with E-state index < -0.39 is 11.6 Å². The maximum Gasteiger partial charge on any atom is 0.287 e. The Kier molecular flexibility index (Phi) is 3.24. The van der Waals surface area contributed by atoms with Gasteiger partial charge >= 0.3 is 0 Å². The Bertz CT molecular complexity index is 777. The van der Waals surface area contributed by atoms with Crippen LogP contribution in [0.25, 0.3) is 11.0 Å². The molecule has 1 atom stereocenters. The zero-order chi connectivity index (χ0) is 16.2. The molecule has 4 N–H and O–H groups in total. The molecule has 1 amide bonds. The second-order valence-corrected chi connectivity index (χ2v) is 7.42. The number of rotatable bonds is 2. The average Bonchev–Trinajstić information content (AvgIpc) is 2.93. The lowest BCUT2D eigenvalue weighted by molar-refractivity contribution is -0.0413. The highest BCUT2D eigenvalue weighted by molar-refractivity contribution is 6.31. The van der Waals surface area contributed by atoms with Gasteiger partial charge in [-0.1, -0.05) is 11.6 Å². The van der Waals surface area contributed by atoms with Crippen LogP contribution in [0.3, 0.4) is 0 Å². The number of aliphatic hydroxyl groups excluding tert-OH is 1. The molecule has 5 rings (SSSR count). The molecule has 3 aliphatic rings. The van der Waals surface area contributed by atoms with E-state index in [4.69, 9.17) is 21.8 Å². The summed E-state index contributed by atoms with van der Waals surface area (Å²) in [5.74, 6) is 0.0113. The van der Waals surface area contributed by atoms with Crippen LogP contribution in [-0.4, -0.2) is 28.2 Å². The molecule has 5 nitrogen and oxygen atoms in total. The van der Waals surface area contributed by atoms with Crippen LogP contribution in [0.5, 0.6) is 0 Å². The van der Waals surface area contributed by atoms with Gasteiger partial charge in [-0.05, 0) is 56.4 Å². The molecule has 3 saturated carbocycles. The smallest absolute Gasteiger partial charge is 0.287 e. The number of hydrogen-bond donors (Lipinski definition) is 3. The number of nitrogens with two attached hydrogens (primary N) is 1. The monoisotopic (exact) mass is 334 g/mol. The number of carbonyl (C=O) groups is 1. The highest BCUT2D eigenvalue weighted by Gasteiger charge is 2.52. The van der Waals surface area contributed by atoms with Crippen molar-refractivity contribution in [1.82, 2.24) is 5.32 Å². The van der Waals surface area contributed by atoms with Crippen LogP contribution in [0, 0.1) is 0 Å². The SMILES string of the molecule is NC12CCC(NC(=O)c3cc4cc(Cl)ccc4o3)(CC1)C[C@@H]2O. The lowest BCUT2D eigenvalue weighted by Gasteiger charge is -2.54. The number of amides is 1. The largest absolute Gasteiger partial charge is 0.451 e. The summed E-state index contributed by atoms with van der Waals surface area (Å²) in [6.45, 7) is 0. The van der Waals surface area contributed by atoms with E-state index in [1.165, 1.54) is 0 Å². The van der Waals surface area contributed by atoms with Crippen LogP contribution in [0.1, 0.15) is 42.7 Å². The lowest BCUT2D eigenvalue weighted by Crippen LogP contribution is -2.68. The Morgan fingerprint density at radius 2 is 2.04 bits per heavy atom. The van der Waals surface area contributed by atoms with Gasteiger partial charge < -0.3 is 20.6 Å². The summed E-state index contributed by atoms with van der Waals surface area (Å²) in [5, 5.41) is 14.7. The van der Waals surface area contributed by atoms with Crippen LogP contribution >= 0.6 is 11.6 Å². The van der Waals surface area contributed by atoms with Crippen LogP contribution < -0.4 is 11.1 Å². The fraction of sp³-hybridized carbons (Fsp3) is 0.471. The minimum Gasteiger partial charge on any atom is -0.451 e. The predicted octanol–water partition coefficient (Wildman–Crippen LogP) is 2.59. The highest BCUT2D eigenvalue weighted by Crippen LogP contribution is 2.45. The summed E-state index contributed by atoms with van der Waals surface area (Å²) >= 11 is 5.96. The Labute approximate surface area is 138 Å². The van der Waals surface area contributed by atoms with Gasteiger partial charge in [-0.3, -0.25) is 4.79 Å². The average molecular weight is 335 g/mol. The number of fused-ring (bicyclic) bond motifs is 4. The molecule has 3 fully saturated rings. The molecule has 1 aromatic heterocycles. The van der Waals surface area contributed by atoms with Crippen LogP contribution in [0.4, 0.5) is 0 Å². The Hall–Kier alpha value is -1.56. The third-order valence-electron chi connectivity index (χ3n) is 5.47. The normalized spacial score (nSPS) is 33.1. The van der Waals surface area contributed by atoms with Crippen LogP contribution in [0.2, 0.25) is 5.02 Å². The molecule has 0 aliphatic heterocycles. The molecule has 2 bridgehead atoms. The van der Waals surface area contributed by atoms with Crippen molar-refractivity contribution in [2.24, 2.45) is 5.73 Å². The van der Waals surface area contributed by atoms with Crippen molar-refractivity contribution in [2.45, 2.75) is 49.3 Å². The fourth-order valence-electron chi connectivity index (χ4n) is 3.91. The van der Waals surface area contributed by atoms with E-state index in [-0.39, 0.29) is 17.2 Å². The van der Waals surface area contributed by atoms with Gasteiger partial charge in [0.15, 0.2) is 5.76 Å². The molecular weight excluding hydrogens is 316 g/mol. The first kappa shape index (κ1) is 15.0. The molecule has 0 saturated heterocycles. The summed E-state index contributed by atoms with van der Waals surface area (Å²) in [4.78, 5) is 12.6. The molecule has 1 heterocycles. The highest BCUT2D eigenvalue weighted by atomic mass is 35.5. The van der Waals surface area contributed by atoms with Crippen molar-refractivity contribution < 1.29 is 14.3 Å². The second-order valence-electron chi connectivity index (χ2n) is 6.98. The topological polar surface area (TPSA) is 88.5 Å². The molecule has 2 aromatic rings. The number of halogens is 1. The lowest BCUT2D eigenvalue weighted by atomic mass is 9.60. The maximum atomic E-state index is 12.6. The summed E-state index contributed by atoms with van der Waals surface area (Å²) < 4.78 is 5.62. The van der Waals surface area contributed by atoms with Gasteiger partial charge in [0, 0.05) is 21.5 Å². The zero-order valence-electron chi connectivity index (χ0n) is 12.6. The number of furan rings is 1. The van der Waals surface area contributed by atoms with Crippen molar-refractivity contribution in [3.8, 4) is 0 Å². The van der Waals surface area contributed by atoms with Crippen molar-refractivity contribution in [2.75, 3.05) is 0 Å². The molecule has 122 valence electrons. The molecular formula is C17H19ClN2O3. The number of carbonyl (C=O) groups excluding carboxylic acids is 1. The molecule has 0 unspecified atom stereocenters. The van der Waals surface area contributed by atoms with E-state index in [1.807, 2.05) is 0 Å². The van der Waals surface area contributed by atoms with Gasteiger partial charge in [0.1, 0.15) is 5.58 Å². The van der Waals surface area contributed by atoms with Crippen molar-refractivity contribution in [3.63, 3.8) is 0 Å². The van der Waals surface area contributed by atoms with Gasteiger partial charge in [0.25, 0.3) is 5.91 Å². The van der Waals surface area contributed by atoms with Crippen molar-refractivity contribution >= 4 is 28.5 Å². The van der Waals surface area contributed by atoms with Gasteiger partial charge in [0.2, 0.25) is 0 Å². The van der Waals surface area contributed by atoms with Crippen LogP contribution in [0.15, 0.2) is 28.7 Å². The molecule has 0 radical (unpaired) electrons. The van der Waals surface area contributed by atoms with E-state index in [9.17, 15) is 9.90 Å². The van der Waals surface area contributed by atoms with E-state index >= 15 is 0 Å². The van der Waals surface area contributed by atoms with E-state index in [0.717, 1.165) is 31.1 Å². The van der Waals surface area contributed by atoms with Crippen LogP contribution in [-0.2, 0) is 0 Å². The third kappa shape index (κ3) is 2.43. The van der Waals surface area contributed by atoms with Gasteiger partial charge in [-0.15, -0.1) is 0 Å². The molecule has 23 heavy (non-hydrogen) atoms. The van der Waals surface area contributed by atoms with Crippen molar-refractivity contribution in [3.05, 3.63) is 35.0 Å². The standard InChI is InChI=1S/C17H19ClN2O3/c18-11-1-2-12-10(7-11)8-13(23-12)15(22)20-16-3-5-17(19,6-4-16)14(21)9-16/h1-2,7-8,14,21H,3-6,9,19H2,(H,20,22)/t14-,16?,17?/m0/s1. The number of nitrogens with one attached hydrogen (secondary N) is 1. The third-order valence-corrected chi connectivity index (χ3v) is 5.70. The summed E-state index contributed by atoms with van der Waals surface area (Å²) in [6.07, 6.45) is 2.96. The minimum atomic E-state index is -0.570. The minimum absolute atomic E-state index is 0.254. The first-order valence-corrected chi connectivity index (χ1v) is 8.26. The maximum absolute atomic E-state index is 12.6. The molecule has 0 spiro atoms. The number of hydrogen-bond acceptors (Lipinski definition) is 4. The summed E-state index contributed by atoms with van der Waals surface area (Å²) in [5.41, 5.74) is 5.98. The summed E-state index contributed by atoms with van der Waals surface area (Å²) in [6, 6.07) is 6.94. The fourth-order valence-corrected chi connectivity index (χ4v) is 4.09. The molecule has 6 heteroatoms. The Balaban J connectivity index is 1.57. The Morgan fingerprint density at radius 1 is 1.30 bits per heavy atom. The Morgan fingerprint density at radius 3 is 2.74 bits per heavy atom. The summed E-state index contributed by atoms with van der Waals surface area (Å²) in [7, 11) is 0. The van der Waals surface area contributed by atoms with E-state index in [2.05, 4.69) is 5.32 Å². The van der Waals surface area contributed by atoms with Crippen molar-refractivity contribution in [1.29, 1.82) is 0 Å². The van der Waals surface area contributed by atoms with Gasteiger partial charge in [-0.2, -0.15) is 0 Å². The van der Waals surface area contributed by atoms with E-state index in [0.29, 0.717) is 17.0 Å². The number of benzene rings is 1.